The molecule has 76 valence electrons. The van der Waals surface area contributed by atoms with Gasteiger partial charge in [-0.3, -0.25) is 5.41 Å². The largest absolute Gasteiger partial charge is 0.474 e. The molecule has 0 amide bonds. The molecule has 0 rings (SSSR count). The zero-order chi connectivity index (χ0) is 10.3. The highest BCUT2D eigenvalue weighted by Gasteiger charge is 2.28. The molecule has 0 aromatic rings. The van der Waals surface area contributed by atoms with Crippen LogP contribution in [0, 0.1) is 5.41 Å². The minimum Gasteiger partial charge on any atom is -0.474 e. The molecule has 0 aliphatic heterocycles. The SMILES string of the molecule is CCC/C=C/COC(=N)C(Cl)(Cl)Cl. The van der Waals surface area contributed by atoms with E-state index in [4.69, 9.17) is 44.9 Å². The standard InChI is InChI=1S/C8H12Cl3NO/c1-2-3-4-5-6-13-7(12)8(9,10)11/h4-5,12H,2-3,6H2,1H3/b5-4+,12-7?. The Bertz CT molecular complexity index is 186. The number of alkyl halides is 3. The predicted octanol–water partition coefficient (Wildman–Crippen LogP) is 3.71. The average Bonchev–Trinajstić information content (AvgIpc) is 2.02. The summed E-state index contributed by atoms with van der Waals surface area (Å²) in [5.74, 6) is -0.348. The third-order valence-corrected chi connectivity index (χ3v) is 1.72. The van der Waals surface area contributed by atoms with Gasteiger partial charge < -0.3 is 4.74 Å². The molecule has 0 aliphatic rings. The molecule has 0 saturated carbocycles. The van der Waals surface area contributed by atoms with Crippen molar-refractivity contribution in [2.24, 2.45) is 0 Å². The van der Waals surface area contributed by atoms with Gasteiger partial charge in [0.15, 0.2) is 0 Å². The monoisotopic (exact) mass is 243 g/mol. The van der Waals surface area contributed by atoms with Crippen LogP contribution in [0.4, 0.5) is 0 Å². The van der Waals surface area contributed by atoms with E-state index in [1.807, 2.05) is 6.08 Å². The molecule has 1 N–H and O–H groups in total. The molecule has 0 heterocycles. The molecule has 0 bridgehead atoms. The number of halogens is 3. The second kappa shape index (κ2) is 6.52. The molecule has 0 fully saturated rings. The normalized spacial score (nSPS) is 12.0. The third-order valence-electron chi connectivity index (χ3n) is 1.20. The van der Waals surface area contributed by atoms with Gasteiger partial charge in [-0.15, -0.1) is 0 Å². The van der Waals surface area contributed by atoms with E-state index in [2.05, 4.69) is 6.92 Å². The van der Waals surface area contributed by atoms with Crippen LogP contribution in [0.3, 0.4) is 0 Å². The van der Waals surface area contributed by atoms with Crippen molar-refractivity contribution in [1.82, 2.24) is 0 Å². The van der Waals surface area contributed by atoms with Crippen LogP contribution in [0.2, 0.25) is 0 Å². The Balaban J connectivity index is 3.60. The van der Waals surface area contributed by atoms with Gasteiger partial charge in [0.05, 0.1) is 0 Å². The Hall–Kier alpha value is 0.0800. The first kappa shape index (κ1) is 13.1. The molecule has 0 aromatic carbocycles. The summed E-state index contributed by atoms with van der Waals surface area (Å²) in [7, 11) is 0. The van der Waals surface area contributed by atoms with Gasteiger partial charge in [-0.05, 0) is 6.42 Å². The van der Waals surface area contributed by atoms with E-state index < -0.39 is 3.79 Å². The molecular weight excluding hydrogens is 232 g/mol. The molecule has 0 saturated heterocycles. The minimum atomic E-state index is -1.75. The molecule has 13 heavy (non-hydrogen) atoms. The highest BCUT2D eigenvalue weighted by atomic mass is 35.6. The quantitative estimate of drug-likeness (QED) is 0.348. The number of nitrogens with one attached hydrogen (secondary N) is 1. The van der Waals surface area contributed by atoms with Crippen molar-refractivity contribution < 1.29 is 4.74 Å². The van der Waals surface area contributed by atoms with Crippen LogP contribution >= 0.6 is 34.8 Å². The van der Waals surface area contributed by atoms with Crippen LogP contribution in [0.15, 0.2) is 12.2 Å². The summed E-state index contributed by atoms with van der Waals surface area (Å²) >= 11 is 16.1. The van der Waals surface area contributed by atoms with Crippen molar-refractivity contribution in [3.63, 3.8) is 0 Å². The molecule has 5 heteroatoms. The summed E-state index contributed by atoms with van der Waals surface area (Å²) in [6.07, 6.45) is 5.84. The van der Waals surface area contributed by atoms with Crippen molar-refractivity contribution in [2.45, 2.75) is 23.6 Å². The molecule has 0 unspecified atom stereocenters. The fraction of sp³-hybridized carbons (Fsp3) is 0.625. The molecule has 0 atom stereocenters. The van der Waals surface area contributed by atoms with Crippen LogP contribution in [-0.2, 0) is 4.74 Å². The van der Waals surface area contributed by atoms with E-state index in [1.54, 1.807) is 6.08 Å². The van der Waals surface area contributed by atoms with Crippen molar-refractivity contribution in [1.29, 1.82) is 5.41 Å². The molecule has 0 aliphatic carbocycles. The number of allylic oxidation sites excluding steroid dienone is 1. The molecule has 0 aromatic heterocycles. The van der Waals surface area contributed by atoms with Gasteiger partial charge in [0.2, 0.25) is 5.90 Å². The van der Waals surface area contributed by atoms with Gasteiger partial charge in [-0.25, -0.2) is 0 Å². The molecule has 0 radical (unpaired) electrons. The second-order valence-electron chi connectivity index (χ2n) is 2.40. The summed E-state index contributed by atoms with van der Waals surface area (Å²) in [5, 5.41) is 7.17. The van der Waals surface area contributed by atoms with Gasteiger partial charge in [0.25, 0.3) is 3.79 Å². The topological polar surface area (TPSA) is 33.1 Å². The Kier molecular flexibility index (Phi) is 6.56. The van der Waals surface area contributed by atoms with Gasteiger partial charge in [0.1, 0.15) is 6.61 Å². The van der Waals surface area contributed by atoms with Crippen LogP contribution < -0.4 is 0 Å². The van der Waals surface area contributed by atoms with E-state index in [1.165, 1.54) is 0 Å². The summed E-state index contributed by atoms with van der Waals surface area (Å²) in [6, 6.07) is 0. The fourth-order valence-electron chi connectivity index (χ4n) is 0.566. The first-order valence-electron chi connectivity index (χ1n) is 3.92. The zero-order valence-corrected chi connectivity index (χ0v) is 9.59. The minimum absolute atomic E-state index is 0.271. The molecule has 2 nitrogen and oxygen atoms in total. The number of rotatable bonds is 4. The number of hydrogen-bond donors (Lipinski definition) is 1. The van der Waals surface area contributed by atoms with Crippen molar-refractivity contribution >= 4 is 40.7 Å². The summed E-state index contributed by atoms with van der Waals surface area (Å²) in [6.45, 7) is 2.35. The lowest BCUT2D eigenvalue weighted by Crippen LogP contribution is -2.21. The van der Waals surface area contributed by atoms with E-state index in [-0.39, 0.29) is 12.5 Å². The summed E-state index contributed by atoms with van der Waals surface area (Å²) in [4.78, 5) is 0. The van der Waals surface area contributed by atoms with Crippen LogP contribution in [0.1, 0.15) is 19.8 Å². The van der Waals surface area contributed by atoms with Gasteiger partial charge in [0, 0.05) is 0 Å². The first-order valence-corrected chi connectivity index (χ1v) is 5.05. The number of hydrogen-bond acceptors (Lipinski definition) is 2. The van der Waals surface area contributed by atoms with E-state index >= 15 is 0 Å². The lowest BCUT2D eigenvalue weighted by Gasteiger charge is -2.11. The van der Waals surface area contributed by atoms with Crippen molar-refractivity contribution in [3.05, 3.63) is 12.2 Å². The van der Waals surface area contributed by atoms with Gasteiger partial charge in [-0.2, -0.15) is 0 Å². The number of unbranched alkanes of at least 4 members (excludes halogenated alkanes) is 1. The average molecular weight is 245 g/mol. The van der Waals surface area contributed by atoms with Gasteiger partial charge in [-0.1, -0.05) is 60.3 Å². The highest BCUT2D eigenvalue weighted by Crippen LogP contribution is 2.27. The fourth-order valence-corrected chi connectivity index (χ4v) is 0.730. The maximum atomic E-state index is 7.17. The van der Waals surface area contributed by atoms with E-state index in [0.29, 0.717) is 0 Å². The first-order chi connectivity index (χ1) is 5.98. The Morgan fingerprint density at radius 1 is 1.38 bits per heavy atom. The highest BCUT2D eigenvalue weighted by molar-refractivity contribution is 6.76. The van der Waals surface area contributed by atoms with E-state index in [0.717, 1.165) is 12.8 Å². The Morgan fingerprint density at radius 2 is 2.00 bits per heavy atom. The maximum Gasteiger partial charge on any atom is 0.265 e. The predicted molar refractivity (Wildman–Crippen MR) is 58.0 cm³/mol. The lowest BCUT2D eigenvalue weighted by atomic mass is 10.3. The Labute approximate surface area is 93.3 Å². The zero-order valence-electron chi connectivity index (χ0n) is 7.32. The summed E-state index contributed by atoms with van der Waals surface area (Å²) in [5.41, 5.74) is 0. The van der Waals surface area contributed by atoms with Crippen LogP contribution in [-0.4, -0.2) is 16.3 Å². The second-order valence-corrected chi connectivity index (χ2v) is 4.68. The van der Waals surface area contributed by atoms with Crippen molar-refractivity contribution in [2.75, 3.05) is 6.61 Å². The lowest BCUT2D eigenvalue weighted by molar-refractivity contribution is 0.339. The third kappa shape index (κ3) is 7.17. The molecular formula is C8H12Cl3NO. The van der Waals surface area contributed by atoms with E-state index in [9.17, 15) is 0 Å². The van der Waals surface area contributed by atoms with Gasteiger partial charge >= 0.3 is 0 Å². The van der Waals surface area contributed by atoms with Crippen LogP contribution in [0.5, 0.6) is 0 Å². The smallest absolute Gasteiger partial charge is 0.265 e. The number of ether oxygens (including phenoxy) is 1. The summed E-state index contributed by atoms with van der Waals surface area (Å²) < 4.78 is 3.10. The Morgan fingerprint density at radius 3 is 2.46 bits per heavy atom. The molecule has 0 spiro atoms. The maximum absolute atomic E-state index is 7.17. The van der Waals surface area contributed by atoms with Crippen molar-refractivity contribution in [3.8, 4) is 0 Å². The van der Waals surface area contributed by atoms with Crippen LogP contribution in [0.25, 0.3) is 0 Å².